The number of halogens is 2. The molecular weight excluding hydrogens is 584 g/mol. The van der Waals surface area contributed by atoms with Crippen LogP contribution in [0.4, 0.5) is 19.4 Å². The summed E-state index contributed by atoms with van der Waals surface area (Å²) in [4.78, 5) is 29.9. The number of nitrogens with zero attached hydrogens (tertiary/aromatic N) is 5. The monoisotopic (exact) mass is 623 g/mol. The lowest BCUT2D eigenvalue weighted by atomic mass is 9.94. The fourth-order valence-electron chi connectivity index (χ4n) is 6.46. The summed E-state index contributed by atoms with van der Waals surface area (Å²) in [7, 11) is 2.95. The molecule has 10 nitrogen and oxygen atoms in total. The smallest absolute Gasteiger partial charge is 0.410 e. The molecule has 3 aliphatic rings. The van der Waals surface area contributed by atoms with E-state index in [-0.39, 0.29) is 24.8 Å². The summed E-state index contributed by atoms with van der Waals surface area (Å²) < 4.78 is 52.2. The van der Waals surface area contributed by atoms with Crippen molar-refractivity contribution < 1.29 is 32.5 Å². The summed E-state index contributed by atoms with van der Waals surface area (Å²) in [6, 6.07) is 7.56. The summed E-state index contributed by atoms with van der Waals surface area (Å²) >= 11 is 0. The van der Waals surface area contributed by atoms with Gasteiger partial charge < -0.3 is 23.8 Å². The summed E-state index contributed by atoms with van der Waals surface area (Å²) in [5.74, 6) is 0.582. The molecule has 0 spiro atoms. The lowest BCUT2D eigenvalue weighted by Crippen LogP contribution is -2.60. The number of amides is 1. The minimum absolute atomic E-state index is 0.00628. The Hall–Kier alpha value is -4.06. The highest BCUT2D eigenvalue weighted by atomic mass is 19.1. The number of ether oxygens (including phenoxy) is 4. The third kappa shape index (κ3) is 6.51. The van der Waals surface area contributed by atoms with Gasteiger partial charge in [0.25, 0.3) is 0 Å². The van der Waals surface area contributed by atoms with Crippen LogP contribution in [0.2, 0.25) is 0 Å². The second-order valence-corrected chi connectivity index (χ2v) is 12.8. The predicted molar refractivity (Wildman–Crippen MR) is 163 cm³/mol. The molecule has 1 aromatic carbocycles. The fourth-order valence-corrected chi connectivity index (χ4v) is 6.46. The van der Waals surface area contributed by atoms with Crippen molar-refractivity contribution in [3.8, 4) is 34.0 Å². The number of hydrogen-bond acceptors (Lipinski definition) is 9. The zero-order valence-corrected chi connectivity index (χ0v) is 26.2. The standard InChI is InChI=1S/C33H39F2N5O5/c1-33(2,3)45-32(41)40-22-9-11-25(40)31(35)26(15-22)39(21-7-8-21)29-17-36-24(16-37-29)23-10-6-19(12-27(23)44-18-42-4)20-13-28(34)38-30(14-20)43-5/h6,10,12-14,16-17,21-22,25-26,31H,7-9,11,15,18H2,1-5H3/t22-,25+,26-,31+/m1/s1. The zero-order chi connectivity index (χ0) is 31.9. The molecule has 2 saturated heterocycles. The Morgan fingerprint density at radius 1 is 1.04 bits per heavy atom. The Morgan fingerprint density at radius 2 is 1.84 bits per heavy atom. The minimum Gasteiger partial charge on any atom is -0.481 e. The molecule has 3 aromatic rings. The number of pyridine rings is 1. The average molecular weight is 624 g/mol. The van der Waals surface area contributed by atoms with Crippen LogP contribution in [0.25, 0.3) is 22.4 Å². The van der Waals surface area contributed by atoms with Crippen LogP contribution in [0, 0.1) is 5.95 Å². The van der Waals surface area contributed by atoms with E-state index in [1.54, 1.807) is 29.4 Å². The largest absolute Gasteiger partial charge is 0.481 e. The van der Waals surface area contributed by atoms with Gasteiger partial charge in [-0.3, -0.25) is 9.88 Å². The van der Waals surface area contributed by atoms with E-state index >= 15 is 4.39 Å². The molecule has 1 saturated carbocycles. The highest BCUT2D eigenvalue weighted by Gasteiger charge is 2.54. The first kappa shape index (κ1) is 30.9. The lowest BCUT2D eigenvalue weighted by molar-refractivity contribution is -0.0108. The van der Waals surface area contributed by atoms with E-state index in [9.17, 15) is 9.18 Å². The van der Waals surface area contributed by atoms with Crippen molar-refractivity contribution in [2.24, 2.45) is 0 Å². The van der Waals surface area contributed by atoms with Gasteiger partial charge in [0.15, 0.2) is 6.79 Å². The minimum atomic E-state index is -1.24. The van der Waals surface area contributed by atoms with Gasteiger partial charge in [0.05, 0.1) is 37.3 Å². The van der Waals surface area contributed by atoms with Crippen molar-refractivity contribution in [1.82, 2.24) is 19.9 Å². The molecule has 4 atom stereocenters. The van der Waals surface area contributed by atoms with Crippen molar-refractivity contribution in [3.63, 3.8) is 0 Å². The Balaban J connectivity index is 1.25. The first-order valence-corrected chi connectivity index (χ1v) is 15.3. The van der Waals surface area contributed by atoms with Gasteiger partial charge in [-0.15, -0.1) is 0 Å². The Kier molecular flexibility index (Phi) is 8.51. The van der Waals surface area contributed by atoms with Gasteiger partial charge in [-0.05, 0) is 76.1 Å². The number of anilines is 1. The number of benzene rings is 1. The normalized spacial score (nSPS) is 22.7. The molecule has 2 aliphatic heterocycles. The van der Waals surface area contributed by atoms with E-state index in [1.807, 2.05) is 32.9 Å². The summed E-state index contributed by atoms with van der Waals surface area (Å²) in [5.41, 5.74) is 1.84. The number of carbonyl (C=O) groups excluding carboxylic acids is 1. The lowest BCUT2D eigenvalue weighted by Gasteiger charge is -2.45. The van der Waals surface area contributed by atoms with Gasteiger partial charge >= 0.3 is 6.09 Å². The van der Waals surface area contributed by atoms with Crippen LogP contribution in [0.1, 0.15) is 52.9 Å². The number of carbonyl (C=O) groups is 1. The van der Waals surface area contributed by atoms with E-state index in [1.165, 1.54) is 20.3 Å². The van der Waals surface area contributed by atoms with Crippen LogP contribution in [0.15, 0.2) is 42.7 Å². The van der Waals surface area contributed by atoms with Crippen molar-refractivity contribution in [3.05, 3.63) is 48.7 Å². The molecule has 6 rings (SSSR count). The van der Waals surface area contributed by atoms with Crippen molar-refractivity contribution in [2.45, 2.75) is 88.8 Å². The molecule has 2 bridgehead atoms. The van der Waals surface area contributed by atoms with Crippen LogP contribution in [-0.2, 0) is 9.47 Å². The number of aromatic nitrogens is 3. The van der Waals surface area contributed by atoms with Gasteiger partial charge in [0, 0.05) is 36.9 Å². The quantitative estimate of drug-likeness (QED) is 0.204. The Bertz CT molecular complexity index is 1530. The number of fused-ring (bicyclic) bond motifs is 2. The first-order chi connectivity index (χ1) is 21.6. The summed E-state index contributed by atoms with van der Waals surface area (Å²) in [6.45, 7) is 5.46. The van der Waals surface area contributed by atoms with Crippen LogP contribution in [-0.4, -0.2) is 82.9 Å². The number of alkyl halides is 1. The molecule has 2 aromatic heterocycles. The van der Waals surface area contributed by atoms with Crippen LogP contribution in [0.3, 0.4) is 0 Å². The SMILES string of the molecule is COCOc1cc(-c2cc(F)nc(OC)c2)ccc1-c1cnc(N(C2CC2)[C@@H]2C[C@H]3CC[C@@H]([C@@H]2F)N3C(=O)OC(C)(C)C)cn1. The van der Waals surface area contributed by atoms with Crippen LogP contribution >= 0.6 is 0 Å². The van der Waals surface area contributed by atoms with E-state index in [4.69, 9.17) is 28.9 Å². The Morgan fingerprint density at radius 3 is 2.51 bits per heavy atom. The maximum Gasteiger partial charge on any atom is 0.410 e. The van der Waals surface area contributed by atoms with E-state index in [2.05, 4.69) is 9.88 Å². The molecule has 240 valence electrons. The van der Waals surface area contributed by atoms with Gasteiger partial charge in [-0.25, -0.2) is 14.2 Å². The topological polar surface area (TPSA) is 99.1 Å². The highest BCUT2D eigenvalue weighted by Crippen LogP contribution is 2.44. The molecule has 0 unspecified atom stereocenters. The third-order valence-corrected chi connectivity index (χ3v) is 8.50. The van der Waals surface area contributed by atoms with Gasteiger partial charge in [-0.2, -0.15) is 9.37 Å². The molecule has 0 radical (unpaired) electrons. The van der Waals surface area contributed by atoms with E-state index in [0.29, 0.717) is 46.8 Å². The zero-order valence-electron chi connectivity index (χ0n) is 26.2. The second kappa shape index (κ2) is 12.4. The van der Waals surface area contributed by atoms with Gasteiger partial charge in [0.2, 0.25) is 11.8 Å². The van der Waals surface area contributed by atoms with Crippen LogP contribution in [0.5, 0.6) is 11.6 Å². The molecule has 12 heteroatoms. The van der Waals surface area contributed by atoms with Crippen LogP contribution < -0.4 is 14.4 Å². The van der Waals surface area contributed by atoms with E-state index < -0.39 is 35.9 Å². The molecule has 4 heterocycles. The number of piperidine rings is 1. The van der Waals surface area contributed by atoms with Crippen molar-refractivity contribution in [1.29, 1.82) is 0 Å². The number of methoxy groups -OCH3 is 2. The molecule has 3 fully saturated rings. The van der Waals surface area contributed by atoms with Gasteiger partial charge in [0.1, 0.15) is 23.3 Å². The number of hydrogen-bond donors (Lipinski definition) is 0. The molecular formula is C33H39F2N5O5. The third-order valence-electron chi connectivity index (χ3n) is 8.50. The van der Waals surface area contributed by atoms with Crippen molar-refractivity contribution >= 4 is 11.9 Å². The first-order valence-electron chi connectivity index (χ1n) is 15.3. The Labute approximate surface area is 261 Å². The van der Waals surface area contributed by atoms with E-state index in [0.717, 1.165) is 19.3 Å². The summed E-state index contributed by atoms with van der Waals surface area (Å²) in [5, 5.41) is 0. The molecule has 1 aliphatic carbocycles. The van der Waals surface area contributed by atoms with Crippen molar-refractivity contribution in [2.75, 3.05) is 25.9 Å². The average Bonchev–Trinajstić information content (AvgIpc) is 3.78. The highest BCUT2D eigenvalue weighted by molar-refractivity contribution is 5.75. The maximum atomic E-state index is 16.3. The fraction of sp³-hybridized carbons (Fsp3) is 0.515. The maximum absolute atomic E-state index is 16.3. The molecule has 0 N–H and O–H groups in total. The molecule has 1 amide bonds. The predicted octanol–water partition coefficient (Wildman–Crippen LogP) is 6.18. The molecule has 45 heavy (non-hydrogen) atoms. The second-order valence-electron chi connectivity index (χ2n) is 12.8. The summed E-state index contributed by atoms with van der Waals surface area (Å²) in [6.07, 6.45) is 5.44. The van der Waals surface area contributed by atoms with Gasteiger partial charge in [-0.1, -0.05) is 6.07 Å². The number of rotatable bonds is 9.